The average Bonchev–Trinajstić information content (AvgIpc) is 3.13. The number of methoxy groups -OCH3 is 1. The van der Waals surface area contributed by atoms with Crippen molar-refractivity contribution in [1.29, 1.82) is 0 Å². The minimum atomic E-state index is -1.02. The molecule has 140 valence electrons. The zero-order chi connectivity index (χ0) is 19.2. The van der Waals surface area contributed by atoms with Crippen LogP contribution >= 0.6 is 0 Å². The number of carbonyl (C=O) groups excluding carboxylic acids is 1. The van der Waals surface area contributed by atoms with Crippen LogP contribution in [-0.4, -0.2) is 35.8 Å². The van der Waals surface area contributed by atoms with Crippen LogP contribution in [0.15, 0.2) is 59.7 Å². The van der Waals surface area contributed by atoms with Gasteiger partial charge in [-0.05, 0) is 23.3 Å². The molecule has 0 aliphatic carbocycles. The highest BCUT2D eigenvalue weighted by Gasteiger charge is 2.36. The number of hydrogen-bond donors (Lipinski definition) is 2. The molecule has 2 aromatic rings. The molecule has 1 aliphatic heterocycles. The Hall–Kier alpha value is -3.19. The molecule has 0 aromatic heterocycles. The lowest BCUT2D eigenvalue weighted by atomic mass is 10.1. The molecule has 27 heavy (non-hydrogen) atoms. The Morgan fingerprint density at radius 2 is 1.93 bits per heavy atom. The summed E-state index contributed by atoms with van der Waals surface area (Å²) in [6.07, 6.45) is 0.0553. The van der Waals surface area contributed by atoms with Gasteiger partial charge in [0.15, 0.2) is 6.04 Å². The van der Waals surface area contributed by atoms with E-state index in [-0.39, 0.29) is 18.0 Å². The van der Waals surface area contributed by atoms with Gasteiger partial charge in [-0.3, -0.25) is 9.80 Å². The zero-order valence-corrected chi connectivity index (χ0v) is 15.0. The summed E-state index contributed by atoms with van der Waals surface area (Å²) >= 11 is 0. The third kappa shape index (κ3) is 4.51. The average molecular weight is 367 g/mol. The Bertz CT molecular complexity index is 851. The lowest BCUT2D eigenvalue weighted by Gasteiger charge is -2.19. The monoisotopic (exact) mass is 367 g/mol. The van der Waals surface area contributed by atoms with Gasteiger partial charge in [-0.2, -0.15) is 5.10 Å². The predicted molar refractivity (Wildman–Crippen MR) is 101 cm³/mol. The molecule has 3 rings (SSSR count). The van der Waals surface area contributed by atoms with Crippen molar-refractivity contribution < 1.29 is 19.4 Å². The van der Waals surface area contributed by atoms with Crippen molar-refractivity contribution in [3.8, 4) is 0 Å². The number of aliphatic carboxylic acids is 1. The van der Waals surface area contributed by atoms with Gasteiger partial charge in [-0.1, -0.05) is 42.5 Å². The second-order valence-electron chi connectivity index (χ2n) is 6.22. The smallest absolute Gasteiger partial charge is 0.328 e. The van der Waals surface area contributed by atoms with Gasteiger partial charge >= 0.3 is 5.97 Å². The number of ether oxygens (including phenoxy) is 1. The van der Waals surface area contributed by atoms with Gasteiger partial charge in [0.2, 0.25) is 0 Å². The number of carboxylic acid groups (broad SMARTS) is 1. The molecular formula is C20H21N3O4. The van der Waals surface area contributed by atoms with Crippen LogP contribution in [0.25, 0.3) is 0 Å². The molecule has 0 bridgehead atoms. The van der Waals surface area contributed by atoms with Gasteiger partial charge in [0.25, 0.3) is 5.91 Å². The van der Waals surface area contributed by atoms with E-state index < -0.39 is 12.0 Å². The number of carbonyl (C=O) groups is 2. The molecule has 0 saturated heterocycles. The first kappa shape index (κ1) is 18.6. The zero-order valence-electron chi connectivity index (χ0n) is 15.0. The van der Waals surface area contributed by atoms with E-state index in [0.717, 1.165) is 11.1 Å². The van der Waals surface area contributed by atoms with Crippen LogP contribution < -0.4 is 10.3 Å². The van der Waals surface area contributed by atoms with Crippen LogP contribution in [0.1, 0.15) is 17.5 Å². The number of nitrogens with one attached hydrogen (secondary N) is 1. The van der Waals surface area contributed by atoms with Gasteiger partial charge in [0.1, 0.15) is 5.71 Å². The first-order valence-electron chi connectivity index (χ1n) is 8.58. The summed E-state index contributed by atoms with van der Waals surface area (Å²) in [4.78, 5) is 24.1. The van der Waals surface area contributed by atoms with E-state index in [2.05, 4.69) is 10.4 Å². The summed E-state index contributed by atoms with van der Waals surface area (Å²) in [6, 6.07) is 15.8. The normalized spacial score (nSPS) is 16.1. The van der Waals surface area contributed by atoms with Crippen LogP contribution in [0.4, 0.5) is 5.69 Å². The third-order valence-electron chi connectivity index (χ3n) is 4.23. The van der Waals surface area contributed by atoms with Crippen molar-refractivity contribution in [2.45, 2.75) is 25.6 Å². The van der Waals surface area contributed by atoms with Crippen LogP contribution in [-0.2, 0) is 27.5 Å². The van der Waals surface area contributed by atoms with E-state index >= 15 is 0 Å². The largest absolute Gasteiger partial charge is 0.480 e. The molecule has 7 heteroatoms. The van der Waals surface area contributed by atoms with Crippen LogP contribution in [0.5, 0.6) is 0 Å². The molecule has 1 unspecified atom stereocenters. The maximum Gasteiger partial charge on any atom is 0.328 e. The highest BCUT2D eigenvalue weighted by molar-refractivity contribution is 6.40. The fraction of sp³-hybridized carbons (Fsp3) is 0.250. The number of benzene rings is 2. The molecule has 1 aliphatic rings. The van der Waals surface area contributed by atoms with Gasteiger partial charge < -0.3 is 15.2 Å². The first-order valence-corrected chi connectivity index (χ1v) is 8.58. The maximum absolute atomic E-state index is 12.5. The van der Waals surface area contributed by atoms with Gasteiger partial charge in [-0.15, -0.1) is 0 Å². The maximum atomic E-state index is 12.5. The number of rotatable bonds is 7. The second kappa shape index (κ2) is 8.46. The van der Waals surface area contributed by atoms with Crippen LogP contribution in [0, 0.1) is 0 Å². The van der Waals surface area contributed by atoms with Crippen molar-refractivity contribution in [2.24, 2.45) is 5.10 Å². The lowest BCUT2D eigenvalue weighted by molar-refractivity contribution is -0.138. The number of anilines is 1. The van der Waals surface area contributed by atoms with Crippen molar-refractivity contribution in [2.75, 3.05) is 12.1 Å². The standard InChI is InChI=1S/C20H21N3O4/c1-27-13-15-7-5-6-14(10-15)12-21-19(24)17-11-18(20(25)26)23(22-17)16-8-3-2-4-9-16/h2-10,18H,11-13H2,1H3,(H,21,24)(H,25,26). The summed E-state index contributed by atoms with van der Waals surface area (Å²) in [5, 5.41) is 17.9. The highest BCUT2D eigenvalue weighted by atomic mass is 16.5. The molecule has 2 aromatic carbocycles. The van der Waals surface area contributed by atoms with Crippen molar-refractivity contribution in [1.82, 2.24) is 5.32 Å². The minimum absolute atomic E-state index is 0.0553. The van der Waals surface area contributed by atoms with E-state index in [1.807, 2.05) is 30.3 Å². The first-order chi connectivity index (χ1) is 13.1. The van der Waals surface area contributed by atoms with Gasteiger partial charge in [-0.25, -0.2) is 4.79 Å². The highest BCUT2D eigenvalue weighted by Crippen LogP contribution is 2.24. The van der Waals surface area contributed by atoms with Crippen LogP contribution in [0.3, 0.4) is 0 Å². The third-order valence-corrected chi connectivity index (χ3v) is 4.23. The predicted octanol–water partition coefficient (Wildman–Crippen LogP) is 2.17. The van der Waals surface area contributed by atoms with E-state index in [1.165, 1.54) is 5.01 Å². The van der Waals surface area contributed by atoms with Crippen molar-refractivity contribution >= 4 is 23.3 Å². The van der Waals surface area contributed by atoms with E-state index in [0.29, 0.717) is 18.8 Å². The van der Waals surface area contributed by atoms with Crippen LogP contribution in [0.2, 0.25) is 0 Å². The summed E-state index contributed by atoms with van der Waals surface area (Å²) in [5.74, 6) is -1.38. The quantitative estimate of drug-likeness (QED) is 0.783. The number of hydrazone groups is 1. The summed E-state index contributed by atoms with van der Waals surface area (Å²) < 4.78 is 5.11. The molecule has 0 radical (unpaired) electrons. The molecule has 1 amide bonds. The molecule has 0 spiro atoms. The number of carboxylic acids is 1. The van der Waals surface area contributed by atoms with E-state index in [4.69, 9.17) is 4.74 Å². The number of amides is 1. The molecule has 1 atom stereocenters. The second-order valence-corrected chi connectivity index (χ2v) is 6.22. The molecule has 0 saturated carbocycles. The van der Waals surface area contributed by atoms with Crippen molar-refractivity contribution in [3.63, 3.8) is 0 Å². The van der Waals surface area contributed by atoms with Gasteiger partial charge in [0, 0.05) is 20.1 Å². The summed E-state index contributed by atoms with van der Waals surface area (Å²) in [6.45, 7) is 0.833. The SMILES string of the molecule is COCc1cccc(CNC(=O)C2=NN(c3ccccc3)C(C(=O)O)C2)c1. The Morgan fingerprint density at radius 3 is 2.63 bits per heavy atom. The Morgan fingerprint density at radius 1 is 1.19 bits per heavy atom. The molecule has 1 heterocycles. The number of hydrogen-bond acceptors (Lipinski definition) is 5. The Kier molecular flexibility index (Phi) is 5.83. The molecular weight excluding hydrogens is 346 g/mol. The topological polar surface area (TPSA) is 91.2 Å². The minimum Gasteiger partial charge on any atom is -0.480 e. The van der Waals surface area contributed by atoms with Gasteiger partial charge in [0.05, 0.1) is 12.3 Å². The molecule has 2 N–H and O–H groups in total. The fourth-order valence-corrected chi connectivity index (χ4v) is 2.94. The fourth-order valence-electron chi connectivity index (χ4n) is 2.94. The molecule has 7 nitrogen and oxygen atoms in total. The summed E-state index contributed by atoms with van der Waals surface area (Å²) in [7, 11) is 1.63. The van der Waals surface area contributed by atoms with E-state index in [1.54, 1.807) is 31.4 Å². The van der Waals surface area contributed by atoms with E-state index in [9.17, 15) is 14.7 Å². The Labute approximate surface area is 157 Å². The lowest BCUT2D eigenvalue weighted by Crippen LogP contribution is -2.35. The number of nitrogens with zero attached hydrogens (tertiary/aromatic N) is 2. The summed E-state index contributed by atoms with van der Waals surface area (Å²) in [5.41, 5.74) is 2.80. The number of para-hydroxylation sites is 1. The molecule has 0 fully saturated rings. The Balaban J connectivity index is 1.69. The van der Waals surface area contributed by atoms with Crippen molar-refractivity contribution in [3.05, 3.63) is 65.7 Å².